The Morgan fingerprint density at radius 3 is 0.969 bits per heavy atom. The Morgan fingerprint density at radius 1 is 0.244 bits per heavy atom. The third-order valence-electron chi connectivity index (χ3n) is 33.7. The number of para-hydroxylation sites is 2. The minimum absolute atomic E-state index is 0.0425. The van der Waals surface area contributed by atoms with Gasteiger partial charge in [0.05, 0.1) is 16.5 Å². The maximum atomic E-state index is 3.78. The highest BCUT2D eigenvalue weighted by molar-refractivity contribution is 9.10. The summed E-state index contributed by atoms with van der Waals surface area (Å²) < 4.78 is 1.13. The Labute approximate surface area is 757 Å². The first-order valence-corrected chi connectivity index (χ1v) is 48.0. The lowest BCUT2D eigenvalue weighted by atomic mass is 9.48. The number of fused-ring (bicyclic) bond motifs is 26. The van der Waals surface area contributed by atoms with Crippen molar-refractivity contribution in [3.8, 4) is 89.0 Å². The third kappa shape index (κ3) is 11.2. The van der Waals surface area contributed by atoms with Crippen molar-refractivity contribution < 1.29 is 0 Å². The second-order valence-corrected chi connectivity index (χ2v) is 42.0. The van der Waals surface area contributed by atoms with Crippen LogP contribution >= 0.6 is 15.9 Å². The van der Waals surface area contributed by atoms with Crippen LogP contribution in [-0.2, 0) is 32.5 Å². The quantitative estimate of drug-likeness (QED) is 0.155. The van der Waals surface area contributed by atoms with Crippen LogP contribution in [0.1, 0.15) is 183 Å². The molecule has 14 aliphatic rings. The van der Waals surface area contributed by atoms with Crippen molar-refractivity contribution in [2.45, 2.75) is 137 Å². The van der Waals surface area contributed by atoms with E-state index in [1.54, 1.807) is 11.1 Å². The van der Waals surface area contributed by atoms with Crippen molar-refractivity contribution in [1.82, 2.24) is 0 Å². The molecule has 30 rings (SSSR count). The first-order valence-electron chi connectivity index (χ1n) is 47.2. The van der Waals surface area contributed by atoms with Gasteiger partial charge in [-0.05, 0) is 340 Å². The normalized spacial score (nSPS) is 22.6. The van der Waals surface area contributed by atoms with Crippen molar-refractivity contribution in [3.05, 3.63) is 446 Å². The van der Waals surface area contributed by atoms with Gasteiger partial charge in [-0.15, -0.1) is 0 Å². The smallest absolute Gasteiger partial charge is 0.0726 e. The average Bonchev–Trinajstić information content (AvgIpc) is 1.51. The molecule has 0 unspecified atom stereocenters. The van der Waals surface area contributed by atoms with Crippen LogP contribution in [0.2, 0.25) is 0 Å². The fraction of sp³-hybridized carbons (Fsp3) is 0.226. The summed E-state index contributed by atoms with van der Waals surface area (Å²) in [5.74, 6) is 5.74. The highest BCUT2D eigenvalue weighted by atomic mass is 79.9. The van der Waals surface area contributed by atoms with Gasteiger partial charge in [-0.3, -0.25) is 0 Å². The van der Waals surface area contributed by atoms with E-state index in [9.17, 15) is 0 Å². The molecule has 14 aliphatic carbocycles. The fourth-order valence-electron chi connectivity index (χ4n) is 29.2. The summed E-state index contributed by atoms with van der Waals surface area (Å²) in [6.07, 6.45) is 17.4. The second kappa shape index (κ2) is 28.3. The molecule has 16 aromatic rings. The zero-order chi connectivity index (χ0) is 84.4. The molecule has 3 heteroatoms. The van der Waals surface area contributed by atoms with Crippen LogP contribution in [0.4, 0.5) is 28.4 Å². The summed E-state index contributed by atoms with van der Waals surface area (Å²) >= 11 is 3.72. The van der Waals surface area contributed by atoms with Gasteiger partial charge in [0.25, 0.3) is 0 Å². The molecule has 0 aromatic heterocycles. The SMILES string of the molecule is Brc1ccc2c(c1)C1(c3ccccc3-c3ccccc31)c1ccccc1-2.CC1(C)c2ccccc2-c2cc(N(c3ccc4c(c3)C3(c5ccccc5-c5ccccc53)c3ccccc3-4)c3ccccc3-c3ccc(C45CC6CC(CC(C6)C4)C5)cc3)ccc21.CC1(C)c2ccccc2-c2cc(Nc3ccccc3-c3ccc(C45CC6CC(CC(C6)C4)C5)cc3)ccc21. The van der Waals surface area contributed by atoms with Crippen LogP contribution in [0.3, 0.4) is 0 Å². The number of nitrogens with one attached hydrogen (secondary N) is 1. The van der Waals surface area contributed by atoms with E-state index in [0.29, 0.717) is 10.8 Å². The van der Waals surface area contributed by atoms with Gasteiger partial charge in [-0.25, -0.2) is 0 Å². The molecule has 8 fully saturated rings. The lowest BCUT2D eigenvalue weighted by molar-refractivity contribution is -0.00530. The Morgan fingerprint density at radius 2 is 0.543 bits per heavy atom. The summed E-state index contributed by atoms with van der Waals surface area (Å²) in [6.45, 7) is 9.44. The number of hydrogen-bond acceptors (Lipinski definition) is 2. The molecule has 0 saturated heterocycles. The monoisotopic (exact) mass is 1700 g/mol. The van der Waals surface area contributed by atoms with Gasteiger partial charge in [0.1, 0.15) is 0 Å². The number of anilines is 5. The molecular weight excluding hydrogens is 1600 g/mol. The molecule has 0 atom stereocenters. The lowest BCUT2D eigenvalue weighted by Gasteiger charge is -2.57. The maximum absolute atomic E-state index is 3.78. The van der Waals surface area contributed by atoms with E-state index in [0.717, 1.165) is 45.7 Å². The fourth-order valence-corrected chi connectivity index (χ4v) is 29.6. The predicted molar refractivity (Wildman–Crippen MR) is 530 cm³/mol. The highest BCUT2D eigenvalue weighted by Gasteiger charge is 2.56. The van der Waals surface area contributed by atoms with E-state index >= 15 is 0 Å². The van der Waals surface area contributed by atoms with Gasteiger partial charge in [0.2, 0.25) is 0 Å². The van der Waals surface area contributed by atoms with Crippen molar-refractivity contribution in [2.24, 2.45) is 35.5 Å². The average molecular weight is 1700 g/mol. The van der Waals surface area contributed by atoms with Gasteiger partial charge in [-0.1, -0.05) is 347 Å². The minimum atomic E-state index is -0.422. The molecule has 0 radical (unpaired) electrons. The van der Waals surface area contributed by atoms with Crippen molar-refractivity contribution >= 4 is 44.4 Å². The van der Waals surface area contributed by atoms with Crippen LogP contribution < -0.4 is 10.2 Å². The van der Waals surface area contributed by atoms with E-state index in [4.69, 9.17) is 0 Å². The molecule has 0 amide bonds. The Hall–Kier alpha value is -12.4. The van der Waals surface area contributed by atoms with Crippen LogP contribution in [0.25, 0.3) is 89.0 Å². The molecule has 0 aliphatic heterocycles. The number of rotatable bonds is 9. The largest absolute Gasteiger partial charge is 0.355 e. The predicted octanol–water partition coefficient (Wildman–Crippen LogP) is 32.6. The van der Waals surface area contributed by atoms with Crippen LogP contribution in [0.5, 0.6) is 0 Å². The molecule has 2 nitrogen and oxygen atoms in total. The Balaban J connectivity index is 0.000000113. The first kappa shape index (κ1) is 75.9. The third-order valence-corrected chi connectivity index (χ3v) is 34.1. The lowest BCUT2D eigenvalue weighted by Crippen LogP contribution is -2.48. The van der Waals surface area contributed by atoms with Crippen molar-refractivity contribution in [1.29, 1.82) is 0 Å². The summed E-state index contributed by atoms with van der Waals surface area (Å²) in [7, 11) is 0. The minimum Gasteiger partial charge on any atom is -0.355 e. The molecule has 2 spiro atoms. The van der Waals surface area contributed by atoms with Gasteiger partial charge in [0, 0.05) is 49.2 Å². The van der Waals surface area contributed by atoms with Gasteiger partial charge in [0.15, 0.2) is 0 Å². The second-order valence-electron chi connectivity index (χ2n) is 41.1. The van der Waals surface area contributed by atoms with E-state index in [-0.39, 0.29) is 16.2 Å². The molecule has 127 heavy (non-hydrogen) atoms. The van der Waals surface area contributed by atoms with E-state index in [1.165, 1.54) is 256 Å². The zero-order valence-corrected chi connectivity index (χ0v) is 74.5. The van der Waals surface area contributed by atoms with Crippen LogP contribution in [0, 0.1) is 35.5 Å². The standard InChI is InChI=1S/C62H51N.C37H37N.C25H15Br/c1-60(2)53-18-8-3-17-50(53)52-34-44(28-30-54(52)60)63(59-22-12-7-13-46(59)42-23-25-43(26-24-42)61-36-39-31-40(37-61)33-41(32-39)38-61)45-27-29-51-49-16-6-11-21-57(49)62(58(51)35-45)55-19-9-4-14-47(55)48-15-5-10-20-56(48)62;1-36(2)33-9-5-3-8-31(33)32-20-29(15-16-34(32)36)38-35-10-6-4-7-30(35)27-11-13-28(14-12-27)37-21-24-17-25(22-37)19-26(18-24)23-37;26-16-13-14-20-19-9-3-6-12-23(19)25(24(20)15-16)21-10-4-1-7-17(21)18-8-2-5-11-22(18)25/h3-30,34-35,39-41H,31-33,36-38H2,1-2H3;3-16,20,24-26,38H,17-19,21-23H2,1-2H3;1-15H. The van der Waals surface area contributed by atoms with Crippen LogP contribution in [-0.4, -0.2) is 0 Å². The molecule has 1 N–H and O–H groups in total. The Kier molecular flexibility index (Phi) is 16.9. The molecule has 616 valence electrons. The molecule has 0 heterocycles. The van der Waals surface area contributed by atoms with E-state index < -0.39 is 5.41 Å². The van der Waals surface area contributed by atoms with E-state index in [1.807, 2.05) is 0 Å². The van der Waals surface area contributed by atoms with Crippen molar-refractivity contribution in [3.63, 3.8) is 0 Å². The Bertz CT molecular complexity index is 7030. The highest BCUT2D eigenvalue weighted by Crippen LogP contribution is 2.68. The van der Waals surface area contributed by atoms with Gasteiger partial charge in [-0.2, -0.15) is 0 Å². The van der Waals surface area contributed by atoms with Gasteiger partial charge >= 0.3 is 0 Å². The summed E-state index contributed by atoms with van der Waals surface area (Å²) in [5.41, 5.74) is 47.1. The molecule has 8 bridgehead atoms. The first-order chi connectivity index (χ1) is 62.2. The van der Waals surface area contributed by atoms with Gasteiger partial charge < -0.3 is 10.2 Å². The topological polar surface area (TPSA) is 15.3 Å². The van der Waals surface area contributed by atoms with Crippen molar-refractivity contribution in [2.75, 3.05) is 10.2 Å². The zero-order valence-electron chi connectivity index (χ0n) is 72.9. The molecular formula is C124H103BrN2. The molecule has 16 aromatic carbocycles. The van der Waals surface area contributed by atoms with E-state index in [2.05, 4.69) is 418 Å². The number of hydrogen-bond donors (Lipinski definition) is 1. The number of halogens is 1. The summed E-state index contributed by atoms with van der Waals surface area (Å²) in [4.78, 5) is 2.57. The molecule has 8 saturated carbocycles. The summed E-state index contributed by atoms with van der Waals surface area (Å²) in [5, 5.41) is 3.78. The summed E-state index contributed by atoms with van der Waals surface area (Å²) in [6, 6.07) is 138. The maximum Gasteiger partial charge on any atom is 0.0726 e. The number of nitrogens with zero attached hydrogens (tertiary/aromatic N) is 1. The van der Waals surface area contributed by atoms with Crippen LogP contribution in [0.15, 0.2) is 368 Å². The number of benzene rings is 16.